The highest BCUT2D eigenvalue weighted by Crippen LogP contribution is 2.22. The molecule has 29 heavy (non-hydrogen) atoms. The van der Waals surface area contributed by atoms with Gasteiger partial charge in [-0.2, -0.15) is 0 Å². The highest BCUT2D eigenvalue weighted by Gasteiger charge is 2.08. The summed E-state index contributed by atoms with van der Waals surface area (Å²) in [4.78, 5) is 23.6. The van der Waals surface area contributed by atoms with Crippen LogP contribution in [0.25, 0.3) is 22.0 Å². The molecule has 7 heteroatoms. The largest absolute Gasteiger partial charge is 0.487 e. The van der Waals surface area contributed by atoms with Crippen molar-refractivity contribution in [3.63, 3.8) is 0 Å². The second-order valence-electron chi connectivity index (χ2n) is 6.25. The van der Waals surface area contributed by atoms with E-state index in [1.54, 1.807) is 30.5 Å². The first-order valence-electron chi connectivity index (χ1n) is 8.78. The van der Waals surface area contributed by atoms with Crippen molar-refractivity contribution in [3.05, 3.63) is 99.3 Å². The SMILES string of the molecule is O=c1[nH]c(C(Cl)=Cc2ccc(OCc3ccccn3)cc2)nc2cc(Cl)ccc12. The number of rotatable bonds is 5. The van der Waals surface area contributed by atoms with E-state index in [2.05, 4.69) is 15.0 Å². The van der Waals surface area contributed by atoms with Crippen molar-refractivity contribution in [2.24, 2.45) is 0 Å². The van der Waals surface area contributed by atoms with Crippen LogP contribution >= 0.6 is 23.2 Å². The molecule has 4 rings (SSSR count). The number of benzene rings is 2. The molecule has 144 valence electrons. The van der Waals surface area contributed by atoms with Crippen molar-refractivity contribution in [2.45, 2.75) is 6.61 Å². The van der Waals surface area contributed by atoms with Crippen molar-refractivity contribution in [2.75, 3.05) is 0 Å². The maximum absolute atomic E-state index is 12.3. The number of hydrogen-bond acceptors (Lipinski definition) is 4. The van der Waals surface area contributed by atoms with Crippen molar-refractivity contribution >= 4 is 45.2 Å². The number of ether oxygens (including phenoxy) is 1. The molecular weight excluding hydrogens is 409 g/mol. The molecule has 0 fully saturated rings. The summed E-state index contributed by atoms with van der Waals surface area (Å²) in [7, 11) is 0. The van der Waals surface area contributed by atoms with Gasteiger partial charge in [-0.15, -0.1) is 0 Å². The van der Waals surface area contributed by atoms with Crippen molar-refractivity contribution < 1.29 is 4.74 Å². The maximum atomic E-state index is 12.3. The predicted octanol–water partition coefficient (Wildman–Crippen LogP) is 5.29. The summed E-state index contributed by atoms with van der Waals surface area (Å²) in [5.74, 6) is 0.998. The molecule has 0 spiro atoms. The summed E-state index contributed by atoms with van der Waals surface area (Å²) in [6.45, 7) is 0.390. The first-order valence-corrected chi connectivity index (χ1v) is 9.54. The molecule has 1 N–H and O–H groups in total. The van der Waals surface area contributed by atoms with Crippen molar-refractivity contribution in [3.8, 4) is 5.75 Å². The van der Waals surface area contributed by atoms with Gasteiger partial charge in [-0.05, 0) is 54.1 Å². The molecule has 2 aromatic carbocycles. The molecule has 4 aromatic rings. The predicted molar refractivity (Wildman–Crippen MR) is 116 cm³/mol. The van der Waals surface area contributed by atoms with Crippen LogP contribution in [0.2, 0.25) is 5.02 Å². The van der Waals surface area contributed by atoms with Crippen LogP contribution in [0.4, 0.5) is 0 Å². The number of aromatic amines is 1. The molecule has 0 saturated carbocycles. The number of nitrogens with one attached hydrogen (secondary N) is 1. The molecule has 0 aliphatic heterocycles. The minimum Gasteiger partial charge on any atom is -0.487 e. The normalized spacial score (nSPS) is 11.6. The topological polar surface area (TPSA) is 67.9 Å². The highest BCUT2D eigenvalue weighted by molar-refractivity contribution is 6.50. The van der Waals surface area contributed by atoms with Crippen LogP contribution in [0.5, 0.6) is 5.75 Å². The van der Waals surface area contributed by atoms with Gasteiger partial charge in [-0.25, -0.2) is 4.98 Å². The molecule has 5 nitrogen and oxygen atoms in total. The number of nitrogens with zero attached hydrogens (tertiary/aromatic N) is 2. The summed E-state index contributed by atoms with van der Waals surface area (Å²) in [5.41, 5.74) is 1.91. The molecule has 0 aliphatic carbocycles. The molecule has 0 atom stereocenters. The standard InChI is InChI=1S/C22H15Cl2N3O2/c23-15-6-9-18-20(12-15)26-21(27-22(18)28)19(24)11-14-4-7-17(8-5-14)29-13-16-3-1-2-10-25-16/h1-12H,13H2,(H,26,27,28). The fourth-order valence-corrected chi connectivity index (χ4v) is 3.12. The highest BCUT2D eigenvalue weighted by atomic mass is 35.5. The summed E-state index contributed by atoms with van der Waals surface area (Å²) < 4.78 is 5.72. The average molecular weight is 424 g/mol. The monoisotopic (exact) mass is 423 g/mol. The Labute approximate surface area is 176 Å². The molecule has 0 amide bonds. The number of pyridine rings is 1. The van der Waals surface area contributed by atoms with E-state index >= 15 is 0 Å². The zero-order valence-electron chi connectivity index (χ0n) is 15.1. The number of hydrogen-bond donors (Lipinski definition) is 1. The van der Waals surface area contributed by atoms with E-state index in [4.69, 9.17) is 27.9 Å². The Morgan fingerprint density at radius 1 is 1.10 bits per heavy atom. The van der Waals surface area contributed by atoms with E-state index in [1.807, 2.05) is 42.5 Å². The van der Waals surface area contributed by atoms with Crippen molar-refractivity contribution in [1.82, 2.24) is 15.0 Å². The van der Waals surface area contributed by atoms with Crippen LogP contribution in [0.3, 0.4) is 0 Å². The Kier molecular flexibility index (Phi) is 5.60. The fraction of sp³-hybridized carbons (Fsp3) is 0.0455. The average Bonchev–Trinajstić information content (AvgIpc) is 2.73. The van der Waals surface area contributed by atoms with Gasteiger partial charge in [0.25, 0.3) is 5.56 Å². The minimum absolute atomic E-state index is 0.272. The van der Waals surface area contributed by atoms with Crippen LogP contribution in [-0.2, 0) is 6.61 Å². The van der Waals surface area contributed by atoms with Crippen LogP contribution in [0.15, 0.2) is 71.7 Å². The molecule has 0 unspecified atom stereocenters. The lowest BCUT2D eigenvalue weighted by atomic mass is 10.2. The third-order valence-electron chi connectivity index (χ3n) is 4.18. The third kappa shape index (κ3) is 4.65. The van der Waals surface area contributed by atoms with Crippen LogP contribution in [0, 0.1) is 0 Å². The number of fused-ring (bicyclic) bond motifs is 1. The molecular formula is C22H15Cl2N3O2. The van der Waals surface area contributed by atoms with E-state index in [9.17, 15) is 4.79 Å². The number of H-pyrrole nitrogens is 1. The van der Waals surface area contributed by atoms with Crippen molar-refractivity contribution in [1.29, 1.82) is 0 Å². The van der Waals surface area contributed by atoms with Crippen LogP contribution in [0.1, 0.15) is 17.1 Å². The molecule has 0 saturated heterocycles. The van der Waals surface area contributed by atoms with Gasteiger partial charge in [0.2, 0.25) is 0 Å². The van der Waals surface area contributed by atoms with Gasteiger partial charge in [-0.1, -0.05) is 41.4 Å². The molecule has 2 aromatic heterocycles. The quantitative estimate of drug-likeness (QED) is 0.473. The van der Waals surface area contributed by atoms with Gasteiger partial charge in [0.15, 0.2) is 5.82 Å². The smallest absolute Gasteiger partial charge is 0.259 e. The Balaban J connectivity index is 1.53. The molecule has 2 heterocycles. The first kappa shape index (κ1) is 19.2. The molecule has 0 aliphatic rings. The van der Waals surface area contributed by atoms with E-state index in [0.29, 0.717) is 27.6 Å². The fourth-order valence-electron chi connectivity index (χ4n) is 2.74. The van der Waals surface area contributed by atoms with E-state index in [-0.39, 0.29) is 11.4 Å². The minimum atomic E-state index is -0.272. The van der Waals surface area contributed by atoms with E-state index < -0.39 is 0 Å². The van der Waals surface area contributed by atoms with Gasteiger partial charge < -0.3 is 9.72 Å². The molecule has 0 radical (unpaired) electrons. The second kappa shape index (κ2) is 8.47. The Morgan fingerprint density at radius 3 is 2.69 bits per heavy atom. The summed E-state index contributed by atoms with van der Waals surface area (Å²) in [6, 6.07) is 18.0. The summed E-state index contributed by atoms with van der Waals surface area (Å²) >= 11 is 12.4. The van der Waals surface area contributed by atoms with Gasteiger partial charge in [0, 0.05) is 11.2 Å². The summed E-state index contributed by atoms with van der Waals surface area (Å²) in [6.07, 6.45) is 3.45. The van der Waals surface area contributed by atoms with E-state index in [0.717, 1.165) is 17.0 Å². The lowest BCUT2D eigenvalue weighted by Gasteiger charge is -2.06. The Hall–Kier alpha value is -3.15. The Morgan fingerprint density at radius 2 is 1.93 bits per heavy atom. The maximum Gasteiger partial charge on any atom is 0.259 e. The van der Waals surface area contributed by atoms with Gasteiger partial charge in [-0.3, -0.25) is 9.78 Å². The third-order valence-corrected chi connectivity index (χ3v) is 4.70. The summed E-state index contributed by atoms with van der Waals surface area (Å²) in [5, 5.41) is 1.27. The second-order valence-corrected chi connectivity index (χ2v) is 7.09. The lowest BCUT2D eigenvalue weighted by molar-refractivity contribution is 0.301. The van der Waals surface area contributed by atoms with Crippen LogP contribution in [-0.4, -0.2) is 15.0 Å². The van der Waals surface area contributed by atoms with Gasteiger partial charge in [0.1, 0.15) is 12.4 Å². The Bertz CT molecular complexity index is 1240. The first-order chi connectivity index (χ1) is 14.1. The van der Waals surface area contributed by atoms with Crippen LogP contribution < -0.4 is 10.3 Å². The number of aromatic nitrogens is 3. The zero-order chi connectivity index (χ0) is 20.2. The van der Waals surface area contributed by atoms with E-state index in [1.165, 1.54) is 0 Å². The molecule has 0 bridgehead atoms. The lowest BCUT2D eigenvalue weighted by Crippen LogP contribution is -2.10. The van der Waals surface area contributed by atoms with Gasteiger partial charge >= 0.3 is 0 Å². The van der Waals surface area contributed by atoms with Gasteiger partial charge in [0.05, 0.1) is 21.6 Å². The number of halogens is 2. The zero-order valence-corrected chi connectivity index (χ0v) is 16.6.